The Morgan fingerprint density at radius 2 is 1.72 bits per heavy atom. The molecule has 2 amide bonds. The molecule has 2 aromatic rings. The van der Waals surface area contributed by atoms with Crippen LogP contribution < -0.4 is 0 Å². The van der Waals surface area contributed by atoms with Gasteiger partial charge < -0.3 is 14.9 Å². The molecule has 1 aromatic heterocycles. The number of aliphatic hydroxyl groups excluding tert-OH is 1. The molecule has 4 aliphatic carbocycles. The van der Waals surface area contributed by atoms with Gasteiger partial charge in [0.25, 0.3) is 5.91 Å². The number of carbonyl (C=O) groups is 3. The van der Waals surface area contributed by atoms with E-state index in [1.165, 1.54) is 12.8 Å². The predicted octanol–water partition coefficient (Wildman–Crippen LogP) is 4.93. The van der Waals surface area contributed by atoms with Crippen molar-refractivity contribution in [3.8, 4) is 0 Å². The number of aliphatic hydroxyl groups is 1. The van der Waals surface area contributed by atoms with Crippen LogP contribution in [-0.4, -0.2) is 93.3 Å². The standard InChI is InChI=1S/C38H50N4O4/c1-37-16-15-28-26(27(37)12-14-34(37)44)11-10-25-22-33(43)32(23-38(25,28)2)40-18-20-41(21-19-40)36(46)31-8-5-17-42(31)35(45)30-13-9-24-6-3-4-7-29(24)39-30/h3-4,6-7,9,13,25-28,31-33,43H,5,8,10-12,14-23H2,1-2H3/t25?,26?,27?,28?,31-,32-,33-,37-,38-/m0/s1. The van der Waals surface area contributed by atoms with Gasteiger partial charge in [-0.3, -0.25) is 19.3 Å². The number of benzene rings is 1. The molecule has 6 aliphatic rings. The first-order valence-electron chi connectivity index (χ1n) is 18.1. The molecule has 0 spiro atoms. The molecule has 1 N–H and O–H groups in total. The predicted molar refractivity (Wildman–Crippen MR) is 176 cm³/mol. The SMILES string of the molecule is C[C@]12C[C@H](N3CCN(C(=O)[C@@H]4CCCN4C(=O)c4ccc5ccccc5n4)CC3)[C@@H](O)CC1CCC1C2CC[C@]2(C)C(=O)CCC12. The lowest BCUT2D eigenvalue weighted by molar-refractivity contribution is -0.155. The van der Waals surface area contributed by atoms with E-state index in [9.17, 15) is 19.5 Å². The minimum atomic E-state index is -0.439. The minimum absolute atomic E-state index is 0.0500. The summed E-state index contributed by atoms with van der Waals surface area (Å²) in [7, 11) is 0. The van der Waals surface area contributed by atoms with E-state index in [4.69, 9.17) is 0 Å². The van der Waals surface area contributed by atoms with Crippen LogP contribution in [0.1, 0.15) is 88.5 Å². The molecule has 6 fully saturated rings. The summed E-state index contributed by atoms with van der Waals surface area (Å²) in [5, 5.41) is 12.5. The third-order valence-corrected chi connectivity index (χ3v) is 14.1. The van der Waals surface area contributed by atoms with Crippen LogP contribution in [0, 0.1) is 34.5 Å². The van der Waals surface area contributed by atoms with Crippen LogP contribution >= 0.6 is 0 Å². The number of aromatic nitrogens is 1. The Balaban J connectivity index is 0.924. The smallest absolute Gasteiger partial charge is 0.273 e. The number of hydrogen-bond acceptors (Lipinski definition) is 6. The van der Waals surface area contributed by atoms with Crippen molar-refractivity contribution < 1.29 is 19.5 Å². The van der Waals surface area contributed by atoms with Crippen molar-refractivity contribution in [3.05, 3.63) is 42.1 Å². The summed E-state index contributed by atoms with van der Waals surface area (Å²) in [6, 6.07) is 11.2. The number of rotatable bonds is 3. The molecule has 2 aliphatic heterocycles. The fraction of sp³-hybridized carbons (Fsp3) is 0.684. The van der Waals surface area contributed by atoms with Gasteiger partial charge in [-0.05, 0) is 99.0 Å². The second-order valence-electron chi connectivity index (χ2n) is 16.1. The van der Waals surface area contributed by atoms with Crippen molar-refractivity contribution in [3.63, 3.8) is 0 Å². The lowest BCUT2D eigenvalue weighted by Crippen LogP contribution is -2.62. The lowest BCUT2D eigenvalue weighted by atomic mass is 9.44. The monoisotopic (exact) mass is 626 g/mol. The highest BCUT2D eigenvalue weighted by Crippen LogP contribution is 2.65. The molecule has 46 heavy (non-hydrogen) atoms. The molecule has 8 heteroatoms. The Bertz CT molecular complexity index is 1540. The first-order valence-corrected chi connectivity index (χ1v) is 18.1. The fourth-order valence-electron chi connectivity index (χ4n) is 11.5. The summed E-state index contributed by atoms with van der Waals surface area (Å²) in [4.78, 5) is 51.1. The molecule has 1 aromatic carbocycles. The van der Waals surface area contributed by atoms with Crippen LogP contribution in [0.25, 0.3) is 10.9 Å². The molecule has 0 bridgehead atoms. The van der Waals surface area contributed by atoms with Gasteiger partial charge in [-0.2, -0.15) is 0 Å². The summed E-state index contributed by atoms with van der Waals surface area (Å²) in [6.07, 6.45) is 9.46. The third kappa shape index (κ3) is 4.75. The minimum Gasteiger partial charge on any atom is -0.391 e. The Morgan fingerprint density at radius 1 is 0.913 bits per heavy atom. The van der Waals surface area contributed by atoms with Crippen LogP contribution in [0.3, 0.4) is 0 Å². The van der Waals surface area contributed by atoms with Crippen molar-refractivity contribution in [1.29, 1.82) is 0 Å². The van der Waals surface area contributed by atoms with Crippen molar-refractivity contribution in [1.82, 2.24) is 19.7 Å². The van der Waals surface area contributed by atoms with Crippen molar-refractivity contribution in [2.45, 2.75) is 96.2 Å². The van der Waals surface area contributed by atoms with Crippen LogP contribution in [0.4, 0.5) is 0 Å². The van der Waals surface area contributed by atoms with Crippen molar-refractivity contribution >= 4 is 28.5 Å². The highest BCUT2D eigenvalue weighted by molar-refractivity contribution is 5.98. The number of likely N-dealkylation sites (tertiary alicyclic amines) is 1. The normalized spacial score (nSPS) is 39.6. The Hall–Kier alpha value is -2.84. The van der Waals surface area contributed by atoms with Crippen molar-refractivity contribution in [2.75, 3.05) is 32.7 Å². The van der Waals surface area contributed by atoms with Gasteiger partial charge in [-0.1, -0.05) is 38.1 Å². The summed E-state index contributed by atoms with van der Waals surface area (Å²) in [5.74, 6) is 2.75. The second-order valence-corrected chi connectivity index (χ2v) is 16.1. The molecule has 246 valence electrons. The Labute approximate surface area is 272 Å². The van der Waals surface area contributed by atoms with E-state index >= 15 is 0 Å². The van der Waals surface area contributed by atoms with Gasteiger partial charge in [0, 0.05) is 56.0 Å². The lowest BCUT2D eigenvalue weighted by Gasteiger charge is -2.62. The third-order valence-electron chi connectivity index (χ3n) is 14.1. The molecule has 2 saturated heterocycles. The maximum absolute atomic E-state index is 13.9. The van der Waals surface area contributed by atoms with E-state index in [2.05, 4.69) is 23.7 Å². The average molecular weight is 627 g/mol. The van der Waals surface area contributed by atoms with E-state index < -0.39 is 6.04 Å². The van der Waals surface area contributed by atoms with E-state index in [0.717, 1.165) is 68.9 Å². The average Bonchev–Trinajstić information content (AvgIpc) is 3.68. The van der Waals surface area contributed by atoms with Crippen LogP contribution in [0.5, 0.6) is 0 Å². The zero-order chi connectivity index (χ0) is 31.8. The number of fused-ring (bicyclic) bond motifs is 6. The molecular formula is C38H50N4O4. The number of ketones is 1. The van der Waals surface area contributed by atoms with Gasteiger partial charge in [0.05, 0.1) is 11.6 Å². The van der Waals surface area contributed by atoms with Crippen LogP contribution in [-0.2, 0) is 9.59 Å². The second kappa shape index (κ2) is 11.4. The fourth-order valence-corrected chi connectivity index (χ4v) is 11.5. The summed E-state index contributed by atoms with van der Waals surface area (Å²) >= 11 is 0. The summed E-state index contributed by atoms with van der Waals surface area (Å²) in [6.45, 7) is 8.12. The molecule has 4 saturated carbocycles. The van der Waals surface area contributed by atoms with E-state index in [-0.39, 0.29) is 34.8 Å². The van der Waals surface area contributed by atoms with Crippen LogP contribution in [0.15, 0.2) is 36.4 Å². The largest absolute Gasteiger partial charge is 0.391 e. The molecule has 4 unspecified atom stereocenters. The first kappa shape index (κ1) is 30.5. The number of para-hydroxylation sites is 1. The van der Waals surface area contributed by atoms with Gasteiger partial charge in [-0.25, -0.2) is 4.98 Å². The maximum atomic E-state index is 13.9. The van der Waals surface area contributed by atoms with E-state index in [1.807, 2.05) is 35.2 Å². The molecule has 3 heterocycles. The number of pyridine rings is 1. The number of Topliss-reactive ketones (excluding diaryl/α,β-unsaturated/α-hetero) is 1. The zero-order valence-electron chi connectivity index (χ0n) is 27.6. The van der Waals surface area contributed by atoms with Crippen molar-refractivity contribution in [2.24, 2.45) is 34.5 Å². The zero-order valence-corrected chi connectivity index (χ0v) is 27.6. The van der Waals surface area contributed by atoms with Gasteiger partial charge in [0.1, 0.15) is 17.5 Å². The van der Waals surface area contributed by atoms with Gasteiger partial charge >= 0.3 is 0 Å². The number of hydrogen-bond donors (Lipinski definition) is 1. The number of carbonyl (C=O) groups excluding carboxylic acids is 3. The summed E-state index contributed by atoms with van der Waals surface area (Å²) < 4.78 is 0. The van der Waals surface area contributed by atoms with E-state index in [1.54, 1.807) is 11.0 Å². The highest BCUT2D eigenvalue weighted by Gasteiger charge is 2.61. The maximum Gasteiger partial charge on any atom is 0.273 e. The topological polar surface area (TPSA) is 94.1 Å². The molecule has 0 radical (unpaired) electrons. The molecule has 8 nitrogen and oxygen atoms in total. The molecule has 8 rings (SSSR count). The van der Waals surface area contributed by atoms with Gasteiger partial charge in [-0.15, -0.1) is 0 Å². The van der Waals surface area contributed by atoms with Crippen LogP contribution in [0.2, 0.25) is 0 Å². The number of nitrogens with zero attached hydrogens (tertiary/aromatic N) is 4. The van der Waals surface area contributed by atoms with Gasteiger partial charge in [0.2, 0.25) is 5.91 Å². The molecule has 9 atom stereocenters. The number of amides is 2. The summed E-state index contributed by atoms with van der Waals surface area (Å²) in [5.41, 5.74) is 1.27. The number of piperazine rings is 1. The van der Waals surface area contributed by atoms with E-state index in [0.29, 0.717) is 61.2 Å². The Kier molecular flexibility index (Phi) is 7.56. The highest BCUT2D eigenvalue weighted by atomic mass is 16.3. The van der Waals surface area contributed by atoms with Gasteiger partial charge in [0.15, 0.2) is 0 Å². The first-order chi connectivity index (χ1) is 22.2. The quantitative estimate of drug-likeness (QED) is 0.519. The molecular weight excluding hydrogens is 576 g/mol. The Morgan fingerprint density at radius 3 is 2.54 bits per heavy atom.